The fourth-order valence-corrected chi connectivity index (χ4v) is 4.38. The number of aromatic nitrogens is 1. The largest absolute Gasteiger partial charge is 0.451 e. The molecule has 1 unspecified atom stereocenters. The maximum absolute atomic E-state index is 13.1. The second-order valence-electron chi connectivity index (χ2n) is 8.25. The van der Waals surface area contributed by atoms with Gasteiger partial charge in [-0.1, -0.05) is 36.4 Å². The van der Waals surface area contributed by atoms with E-state index < -0.39 is 0 Å². The molecule has 1 atom stereocenters. The molecular weight excluding hydrogens is 418 g/mol. The number of fused-ring (bicyclic) bond motifs is 2. The molecule has 0 bridgehead atoms. The van der Waals surface area contributed by atoms with Crippen LogP contribution in [0.2, 0.25) is 0 Å². The molecule has 0 radical (unpaired) electrons. The number of amides is 2. The summed E-state index contributed by atoms with van der Waals surface area (Å²) in [6.07, 6.45) is 0.780. The molecule has 1 fully saturated rings. The van der Waals surface area contributed by atoms with Gasteiger partial charge >= 0.3 is 0 Å². The first-order chi connectivity index (χ1) is 16.1. The Balaban J connectivity index is 1.39. The summed E-state index contributed by atoms with van der Waals surface area (Å²) in [5.74, 6) is 0.127. The third-order valence-corrected chi connectivity index (χ3v) is 6.10. The van der Waals surface area contributed by atoms with E-state index in [2.05, 4.69) is 5.32 Å². The minimum absolute atomic E-state index is 0.0495. The van der Waals surface area contributed by atoms with Crippen LogP contribution < -0.4 is 5.32 Å². The van der Waals surface area contributed by atoms with Crippen molar-refractivity contribution in [1.29, 1.82) is 0 Å². The van der Waals surface area contributed by atoms with Crippen LogP contribution >= 0.6 is 0 Å². The van der Waals surface area contributed by atoms with Crippen molar-refractivity contribution in [3.63, 3.8) is 0 Å². The molecule has 2 amide bonds. The van der Waals surface area contributed by atoms with Gasteiger partial charge < -0.3 is 19.4 Å². The number of likely N-dealkylation sites (tertiary alicyclic amines) is 1. The zero-order chi connectivity index (χ0) is 22.8. The molecular formula is C26H25N3O4. The Kier molecular flexibility index (Phi) is 5.79. The van der Waals surface area contributed by atoms with Crippen molar-refractivity contribution in [2.75, 3.05) is 33.4 Å². The molecule has 3 heterocycles. The summed E-state index contributed by atoms with van der Waals surface area (Å²) < 4.78 is 10.8. The monoisotopic (exact) mass is 443 g/mol. The number of rotatable bonds is 6. The summed E-state index contributed by atoms with van der Waals surface area (Å²) in [7, 11) is 1.60. The highest BCUT2D eigenvalue weighted by atomic mass is 16.5. The second-order valence-corrected chi connectivity index (χ2v) is 8.25. The molecule has 1 aliphatic heterocycles. The normalized spacial score (nSPS) is 15.9. The summed E-state index contributed by atoms with van der Waals surface area (Å²) in [5.41, 5.74) is 2.89. The van der Waals surface area contributed by atoms with E-state index in [4.69, 9.17) is 14.1 Å². The molecule has 0 spiro atoms. The number of nitrogens with zero attached hydrogens (tertiary/aromatic N) is 2. The minimum Gasteiger partial charge on any atom is -0.451 e. The van der Waals surface area contributed by atoms with E-state index in [-0.39, 0.29) is 17.7 Å². The topological polar surface area (TPSA) is 84.7 Å². The zero-order valence-electron chi connectivity index (χ0n) is 18.4. The maximum atomic E-state index is 13.1. The summed E-state index contributed by atoms with van der Waals surface area (Å²) >= 11 is 0. The molecule has 0 saturated carbocycles. The lowest BCUT2D eigenvalue weighted by atomic mass is 9.99. The number of methoxy groups -OCH3 is 1. The predicted octanol–water partition coefficient (Wildman–Crippen LogP) is 3.99. The zero-order valence-corrected chi connectivity index (χ0v) is 18.4. The van der Waals surface area contributed by atoms with E-state index in [1.807, 2.05) is 54.6 Å². The van der Waals surface area contributed by atoms with Crippen LogP contribution in [0.3, 0.4) is 0 Å². The van der Waals surface area contributed by atoms with Gasteiger partial charge in [-0.25, -0.2) is 0 Å². The van der Waals surface area contributed by atoms with Crippen molar-refractivity contribution in [1.82, 2.24) is 15.2 Å². The van der Waals surface area contributed by atoms with Gasteiger partial charge in [0.1, 0.15) is 5.58 Å². The van der Waals surface area contributed by atoms with Gasteiger partial charge in [0.05, 0.1) is 17.7 Å². The number of para-hydroxylation sites is 2. The molecule has 2 aromatic heterocycles. The minimum atomic E-state index is -0.153. The lowest BCUT2D eigenvalue weighted by molar-refractivity contribution is 0.0761. The first kappa shape index (κ1) is 21.2. The molecule has 2 aromatic carbocycles. The van der Waals surface area contributed by atoms with Gasteiger partial charge in [-0.3, -0.25) is 14.6 Å². The van der Waals surface area contributed by atoms with Gasteiger partial charge in [0.15, 0.2) is 5.76 Å². The number of nitrogens with one attached hydrogen (secondary N) is 1. The molecule has 0 aliphatic carbocycles. The highest BCUT2D eigenvalue weighted by Gasteiger charge is 2.31. The Morgan fingerprint density at radius 1 is 1.15 bits per heavy atom. The van der Waals surface area contributed by atoms with E-state index in [0.29, 0.717) is 43.1 Å². The van der Waals surface area contributed by atoms with E-state index in [0.717, 1.165) is 28.4 Å². The van der Waals surface area contributed by atoms with Crippen LogP contribution in [0, 0.1) is 0 Å². The Hall–Kier alpha value is -3.71. The van der Waals surface area contributed by atoms with Gasteiger partial charge in [-0.2, -0.15) is 0 Å². The molecule has 7 nitrogen and oxygen atoms in total. The van der Waals surface area contributed by atoms with Gasteiger partial charge in [0, 0.05) is 49.1 Å². The highest BCUT2D eigenvalue weighted by molar-refractivity contribution is 6.06. The first-order valence-corrected chi connectivity index (χ1v) is 11.1. The molecule has 1 saturated heterocycles. The Morgan fingerprint density at radius 2 is 1.97 bits per heavy atom. The van der Waals surface area contributed by atoms with Crippen molar-refractivity contribution >= 4 is 33.7 Å². The first-order valence-electron chi connectivity index (χ1n) is 11.1. The summed E-state index contributed by atoms with van der Waals surface area (Å²) in [5, 5.41) is 4.63. The van der Waals surface area contributed by atoms with Gasteiger partial charge in [-0.05, 0) is 30.7 Å². The van der Waals surface area contributed by atoms with Crippen LogP contribution in [-0.2, 0) is 4.74 Å². The van der Waals surface area contributed by atoms with Crippen LogP contribution in [0.1, 0.15) is 38.9 Å². The number of pyridine rings is 1. The highest BCUT2D eigenvalue weighted by Crippen LogP contribution is 2.31. The number of carbonyl (C=O) groups is 2. The van der Waals surface area contributed by atoms with E-state index >= 15 is 0 Å². The van der Waals surface area contributed by atoms with Gasteiger partial charge in [0.25, 0.3) is 11.8 Å². The van der Waals surface area contributed by atoms with Crippen molar-refractivity contribution in [3.05, 3.63) is 77.7 Å². The van der Waals surface area contributed by atoms with Crippen LogP contribution in [0.5, 0.6) is 0 Å². The van der Waals surface area contributed by atoms with Crippen LogP contribution in [-0.4, -0.2) is 55.0 Å². The lowest BCUT2D eigenvalue weighted by Gasteiger charge is -2.16. The van der Waals surface area contributed by atoms with Gasteiger partial charge in [-0.15, -0.1) is 0 Å². The van der Waals surface area contributed by atoms with Crippen molar-refractivity contribution in [2.24, 2.45) is 0 Å². The number of hydrogen-bond acceptors (Lipinski definition) is 5. The SMILES string of the molecule is COCCNC(=O)c1cc(C2CCN(C(=O)c3cc4ccccc4o3)C2)nc2ccccc12. The van der Waals surface area contributed by atoms with Crippen molar-refractivity contribution < 1.29 is 18.7 Å². The van der Waals surface area contributed by atoms with E-state index in [1.165, 1.54) is 0 Å². The third kappa shape index (κ3) is 4.19. The number of carbonyl (C=O) groups excluding carboxylic acids is 2. The van der Waals surface area contributed by atoms with Crippen LogP contribution in [0.15, 0.2) is 65.1 Å². The smallest absolute Gasteiger partial charge is 0.289 e. The lowest BCUT2D eigenvalue weighted by Crippen LogP contribution is -2.28. The summed E-state index contributed by atoms with van der Waals surface area (Å²) in [6, 6.07) is 18.9. The molecule has 33 heavy (non-hydrogen) atoms. The third-order valence-electron chi connectivity index (χ3n) is 6.10. The standard InChI is InChI=1S/C26H25N3O4/c1-32-13-11-27-25(30)20-15-22(28-21-8-4-3-7-19(20)21)18-10-12-29(16-18)26(31)24-14-17-6-2-5-9-23(17)33-24/h2-9,14-15,18H,10-13,16H2,1H3,(H,27,30). The number of hydrogen-bond donors (Lipinski definition) is 1. The number of furan rings is 1. The average molecular weight is 444 g/mol. The molecule has 168 valence electrons. The Bertz CT molecular complexity index is 1300. The van der Waals surface area contributed by atoms with E-state index in [1.54, 1.807) is 18.1 Å². The second kappa shape index (κ2) is 9.03. The van der Waals surface area contributed by atoms with Crippen molar-refractivity contribution in [3.8, 4) is 0 Å². The summed E-state index contributed by atoms with van der Waals surface area (Å²) in [4.78, 5) is 32.6. The molecule has 7 heteroatoms. The fourth-order valence-electron chi connectivity index (χ4n) is 4.38. The van der Waals surface area contributed by atoms with Crippen LogP contribution in [0.25, 0.3) is 21.9 Å². The predicted molar refractivity (Wildman–Crippen MR) is 125 cm³/mol. The summed E-state index contributed by atoms with van der Waals surface area (Å²) in [6.45, 7) is 2.03. The molecule has 4 aromatic rings. The molecule has 5 rings (SSSR count). The number of ether oxygens (including phenoxy) is 1. The number of benzene rings is 2. The Morgan fingerprint density at radius 3 is 2.82 bits per heavy atom. The Labute approximate surface area is 191 Å². The van der Waals surface area contributed by atoms with E-state index in [9.17, 15) is 9.59 Å². The van der Waals surface area contributed by atoms with Crippen molar-refractivity contribution in [2.45, 2.75) is 12.3 Å². The maximum Gasteiger partial charge on any atom is 0.289 e. The molecule has 1 aliphatic rings. The van der Waals surface area contributed by atoms with Gasteiger partial charge in [0.2, 0.25) is 0 Å². The van der Waals surface area contributed by atoms with Crippen LogP contribution in [0.4, 0.5) is 0 Å². The average Bonchev–Trinajstić information content (AvgIpc) is 3.50. The molecule has 1 N–H and O–H groups in total. The fraction of sp³-hybridized carbons (Fsp3) is 0.269. The quantitative estimate of drug-likeness (QED) is 0.456.